The molecular formula is C14H15Cl2N5O3. The number of hydrogen-bond acceptors (Lipinski definition) is 7. The van der Waals surface area contributed by atoms with Crippen molar-refractivity contribution in [1.82, 2.24) is 9.97 Å². The van der Waals surface area contributed by atoms with Crippen LogP contribution in [0.4, 0.5) is 23.0 Å². The summed E-state index contributed by atoms with van der Waals surface area (Å²) in [6.45, 7) is 2.19. The molecular weight excluding hydrogens is 357 g/mol. The second kappa shape index (κ2) is 8.09. The molecule has 0 aliphatic carbocycles. The minimum Gasteiger partial charge on any atom is -0.383 e. The van der Waals surface area contributed by atoms with Crippen LogP contribution >= 0.6 is 23.2 Å². The predicted molar refractivity (Wildman–Crippen MR) is 93.4 cm³/mol. The van der Waals surface area contributed by atoms with Crippen LogP contribution in [0.25, 0.3) is 0 Å². The molecule has 0 spiro atoms. The molecule has 0 amide bonds. The predicted octanol–water partition coefficient (Wildman–Crippen LogP) is 3.88. The van der Waals surface area contributed by atoms with E-state index in [4.69, 9.17) is 27.9 Å². The second-order valence-corrected chi connectivity index (χ2v) is 5.75. The van der Waals surface area contributed by atoms with Crippen LogP contribution in [0.5, 0.6) is 0 Å². The van der Waals surface area contributed by atoms with Gasteiger partial charge in [0.05, 0.1) is 21.6 Å². The largest absolute Gasteiger partial charge is 0.383 e. The molecule has 10 heteroatoms. The summed E-state index contributed by atoms with van der Waals surface area (Å²) in [5.74, 6) is 0.141. The zero-order chi connectivity index (χ0) is 17.7. The van der Waals surface area contributed by atoms with Gasteiger partial charge in [0, 0.05) is 18.8 Å². The van der Waals surface area contributed by atoms with E-state index in [1.165, 1.54) is 6.33 Å². The molecule has 0 fully saturated rings. The summed E-state index contributed by atoms with van der Waals surface area (Å²) in [5.41, 5.74) is 0.244. The Bertz CT molecular complexity index is 744. The van der Waals surface area contributed by atoms with E-state index >= 15 is 0 Å². The molecule has 24 heavy (non-hydrogen) atoms. The van der Waals surface area contributed by atoms with Crippen molar-refractivity contribution < 1.29 is 9.66 Å². The van der Waals surface area contributed by atoms with E-state index in [0.29, 0.717) is 22.3 Å². The van der Waals surface area contributed by atoms with Crippen LogP contribution < -0.4 is 10.6 Å². The molecule has 0 saturated carbocycles. The van der Waals surface area contributed by atoms with Gasteiger partial charge in [-0.25, -0.2) is 9.97 Å². The number of methoxy groups -OCH3 is 1. The van der Waals surface area contributed by atoms with E-state index in [1.807, 2.05) is 6.92 Å². The summed E-state index contributed by atoms with van der Waals surface area (Å²) >= 11 is 11.8. The topological polar surface area (TPSA) is 102 Å². The van der Waals surface area contributed by atoms with Crippen LogP contribution in [0.3, 0.4) is 0 Å². The lowest BCUT2D eigenvalue weighted by Crippen LogP contribution is -2.22. The van der Waals surface area contributed by atoms with Crippen LogP contribution in [-0.4, -0.2) is 34.6 Å². The first kappa shape index (κ1) is 18.2. The lowest BCUT2D eigenvalue weighted by atomic mass is 10.3. The van der Waals surface area contributed by atoms with Crippen molar-refractivity contribution in [2.45, 2.75) is 13.0 Å². The first-order valence-electron chi connectivity index (χ1n) is 6.89. The zero-order valence-corrected chi connectivity index (χ0v) is 14.4. The molecule has 8 nitrogen and oxygen atoms in total. The quantitative estimate of drug-likeness (QED) is 0.562. The normalized spacial score (nSPS) is 11.8. The molecule has 2 rings (SSSR count). The molecule has 0 aliphatic heterocycles. The molecule has 128 valence electrons. The van der Waals surface area contributed by atoms with Gasteiger partial charge in [0.1, 0.15) is 6.33 Å². The van der Waals surface area contributed by atoms with Crippen LogP contribution in [0.1, 0.15) is 6.92 Å². The van der Waals surface area contributed by atoms with E-state index in [0.717, 1.165) is 0 Å². The Balaban J connectivity index is 2.35. The first-order valence-corrected chi connectivity index (χ1v) is 7.65. The molecule has 1 atom stereocenters. The number of benzene rings is 1. The second-order valence-electron chi connectivity index (χ2n) is 4.93. The smallest absolute Gasteiger partial charge is 0.353 e. The third-order valence-electron chi connectivity index (χ3n) is 2.99. The number of rotatable bonds is 7. The van der Waals surface area contributed by atoms with Gasteiger partial charge in [-0.2, -0.15) is 0 Å². The van der Waals surface area contributed by atoms with E-state index in [-0.39, 0.29) is 23.4 Å². The fourth-order valence-corrected chi connectivity index (χ4v) is 2.28. The lowest BCUT2D eigenvalue weighted by Gasteiger charge is -2.14. The maximum atomic E-state index is 11.5. The third kappa shape index (κ3) is 4.44. The Morgan fingerprint density at radius 3 is 2.62 bits per heavy atom. The standard InChI is InChI=1S/C14H15Cl2N5O3/c1-8(6-24-2)19-13-12(21(22)23)14(18-7-17-13)20-9-3-4-10(15)11(16)5-9/h3-5,7-8H,6H2,1-2H3,(H2,17,18,19,20). The van der Waals surface area contributed by atoms with Crippen LogP contribution in [0.15, 0.2) is 24.5 Å². The van der Waals surface area contributed by atoms with Crippen molar-refractivity contribution >= 4 is 46.2 Å². The van der Waals surface area contributed by atoms with Gasteiger partial charge < -0.3 is 15.4 Å². The number of nitro groups is 1. The number of halogens is 2. The molecule has 2 N–H and O–H groups in total. The van der Waals surface area contributed by atoms with Crippen molar-refractivity contribution in [1.29, 1.82) is 0 Å². The van der Waals surface area contributed by atoms with Crippen LogP contribution in [0, 0.1) is 10.1 Å². The number of ether oxygens (including phenoxy) is 1. The first-order chi connectivity index (χ1) is 11.4. The van der Waals surface area contributed by atoms with Gasteiger partial charge in [-0.05, 0) is 25.1 Å². The lowest BCUT2D eigenvalue weighted by molar-refractivity contribution is -0.383. The van der Waals surface area contributed by atoms with Crippen molar-refractivity contribution in [2.24, 2.45) is 0 Å². The molecule has 2 aromatic rings. The Morgan fingerprint density at radius 2 is 2.00 bits per heavy atom. The van der Waals surface area contributed by atoms with Gasteiger partial charge in [0.2, 0.25) is 11.6 Å². The summed E-state index contributed by atoms with van der Waals surface area (Å²) in [7, 11) is 1.55. The highest BCUT2D eigenvalue weighted by molar-refractivity contribution is 6.42. The highest BCUT2D eigenvalue weighted by Gasteiger charge is 2.24. The maximum absolute atomic E-state index is 11.5. The summed E-state index contributed by atoms with van der Waals surface area (Å²) in [6, 6.07) is 4.61. The van der Waals surface area contributed by atoms with Gasteiger partial charge in [0.15, 0.2) is 0 Å². The number of nitrogens with one attached hydrogen (secondary N) is 2. The van der Waals surface area contributed by atoms with Gasteiger partial charge in [-0.1, -0.05) is 23.2 Å². The molecule has 0 bridgehead atoms. The van der Waals surface area contributed by atoms with E-state index in [9.17, 15) is 10.1 Å². The van der Waals surface area contributed by atoms with Crippen LogP contribution in [-0.2, 0) is 4.74 Å². The SMILES string of the molecule is COCC(C)Nc1ncnc(Nc2ccc(Cl)c(Cl)c2)c1[N+](=O)[O-]. The van der Waals surface area contributed by atoms with E-state index in [2.05, 4.69) is 20.6 Å². The molecule has 1 aromatic heterocycles. The average molecular weight is 372 g/mol. The molecule has 1 unspecified atom stereocenters. The highest BCUT2D eigenvalue weighted by Crippen LogP contribution is 2.33. The third-order valence-corrected chi connectivity index (χ3v) is 3.73. The molecule has 1 aromatic carbocycles. The van der Waals surface area contributed by atoms with Gasteiger partial charge in [-0.15, -0.1) is 0 Å². The summed E-state index contributed by atoms with van der Waals surface area (Å²) in [5, 5.41) is 18.0. The summed E-state index contributed by atoms with van der Waals surface area (Å²) < 4.78 is 5.01. The van der Waals surface area contributed by atoms with Crippen molar-refractivity contribution in [3.05, 3.63) is 44.7 Å². The Hall–Kier alpha value is -2.16. The van der Waals surface area contributed by atoms with Crippen molar-refractivity contribution in [3.8, 4) is 0 Å². The molecule has 0 aliphatic rings. The van der Waals surface area contributed by atoms with Crippen LogP contribution in [0.2, 0.25) is 10.0 Å². The molecule has 1 heterocycles. The Labute approximate surface area is 148 Å². The highest BCUT2D eigenvalue weighted by atomic mass is 35.5. The van der Waals surface area contributed by atoms with Crippen molar-refractivity contribution in [2.75, 3.05) is 24.4 Å². The fraction of sp³-hybridized carbons (Fsp3) is 0.286. The van der Waals surface area contributed by atoms with E-state index < -0.39 is 4.92 Å². The summed E-state index contributed by atoms with van der Waals surface area (Å²) in [4.78, 5) is 18.8. The fourth-order valence-electron chi connectivity index (χ4n) is 1.98. The number of nitrogens with zero attached hydrogens (tertiary/aromatic N) is 3. The van der Waals surface area contributed by atoms with Gasteiger partial charge in [-0.3, -0.25) is 10.1 Å². The minimum atomic E-state index is -0.554. The molecule has 0 radical (unpaired) electrons. The number of hydrogen-bond donors (Lipinski definition) is 2. The number of anilines is 3. The average Bonchev–Trinajstić information content (AvgIpc) is 2.51. The van der Waals surface area contributed by atoms with Gasteiger partial charge >= 0.3 is 5.69 Å². The Kier molecular flexibility index (Phi) is 6.13. The Morgan fingerprint density at radius 1 is 1.29 bits per heavy atom. The summed E-state index contributed by atoms with van der Waals surface area (Å²) in [6.07, 6.45) is 1.23. The minimum absolute atomic E-state index is 0.0421. The monoisotopic (exact) mass is 371 g/mol. The van der Waals surface area contributed by atoms with Gasteiger partial charge in [0.25, 0.3) is 0 Å². The number of aromatic nitrogens is 2. The maximum Gasteiger partial charge on any atom is 0.353 e. The van der Waals surface area contributed by atoms with E-state index in [1.54, 1.807) is 25.3 Å². The molecule has 0 saturated heterocycles. The zero-order valence-electron chi connectivity index (χ0n) is 12.9. The van der Waals surface area contributed by atoms with Crippen molar-refractivity contribution in [3.63, 3.8) is 0 Å².